The minimum Gasteiger partial charge on any atom is -0.385 e. The fourth-order valence-electron chi connectivity index (χ4n) is 1.63. The zero-order valence-electron chi connectivity index (χ0n) is 8.61. The first-order chi connectivity index (χ1) is 7.33. The Balaban J connectivity index is 2.28. The normalized spacial score (nSPS) is 11.1. The van der Waals surface area contributed by atoms with Crippen LogP contribution in [0.1, 0.15) is 6.42 Å². The predicted octanol–water partition coefficient (Wildman–Crippen LogP) is 2.73. The number of halogens is 1. The van der Waals surface area contributed by atoms with E-state index in [0.717, 1.165) is 30.6 Å². The lowest BCUT2D eigenvalue weighted by atomic mass is 10.3. The number of para-hydroxylation sites is 2. The van der Waals surface area contributed by atoms with Crippen molar-refractivity contribution in [2.75, 3.05) is 13.7 Å². The van der Waals surface area contributed by atoms with E-state index >= 15 is 0 Å². The Morgan fingerprint density at radius 3 is 3.00 bits per heavy atom. The maximum atomic E-state index is 6.06. The van der Waals surface area contributed by atoms with Crippen LogP contribution >= 0.6 is 11.6 Å². The van der Waals surface area contributed by atoms with Gasteiger partial charge in [0.25, 0.3) is 0 Å². The first-order valence-electron chi connectivity index (χ1n) is 4.92. The fourth-order valence-corrected chi connectivity index (χ4v) is 1.89. The van der Waals surface area contributed by atoms with Crippen molar-refractivity contribution in [1.29, 1.82) is 0 Å². The van der Waals surface area contributed by atoms with Gasteiger partial charge < -0.3 is 9.30 Å². The van der Waals surface area contributed by atoms with Gasteiger partial charge >= 0.3 is 0 Å². The summed E-state index contributed by atoms with van der Waals surface area (Å²) in [7, 11) is 1.70. The van der Waals surface area contributed by atoms with Crippen molar-refractivity contribution in [3.05, 3.63) is 29.5 Å². The standard InChI is InChI=1S/C11H13ClN2O/c1-15-8-4-7-14-10-6-3-2-5-9(10)13-11(14)12/h2-3,5-6H,4,7-8H2,1H3. The monoisotopic (exact) mass is 224 g/mol. The molecule has 3 nitrogen and oxygen atoms in total. The smallest absolute Gasteiger partial charge is 0.203 e. The second kappa shape index (κ2) is 4.64. The third kappa shape index (κ3) is 2.13. The Bertz CT molecular complexity index is 453. The lowest BCUT2D eigenvalue weighted by Crippen LogP contribution is -2.01. The highest BCUT2D eigenvalue weighted by Crippen LogP contribution is 2.19. The topological polar surface area (TPSA) is 27.1 Å². The average Bonchev–Trinajstić information content (AvgIpc) is 2.56. The molecule has 0 N–H and O–H groups in total. The number of methoxy groups -OCH3 is 1. The molecule has 80 valence electrons. The summed E-state index contributed by atoms with van der Waals surface area (Å²) >= 11 is 6.06. The SMILES string of the molecule is COCCCn1c(Cl)nc2ccccc21. The Hall–Kier alpha value is -1.06. The molecule has 0 spiro atoms. The summed E-state index contributed by atoms with van der Waals surface area (Å²) in [6, 6.07) is 7.95. The molecule has 0 aliphatic carbocycles. The van der Waals surface area contributed by atoms with Crippen LogP contribution in [0.3, 0.4) is 0 Å². The maximum Gasteiger partial charge on any atom is 0.203 e. The summed E-state index contributed by atoms with van der Waals surface area (Å²) in [6.45, 7) is 1.58. The molecule has 4 heteroatoms. The van der Waals surface area contributed by atoms with E-state index < -0.39 is 0 Å². The van der Waals surface area contributed by atoms with E-state index in [0.29, 0.717) is 5.28 Å². The molecule has 0 atom stereocenters. The summed E-state index contributed by atoms with van der Waals surface area (Å²) in [5.41, 5.74) is 2.03. The molecule has 15 heavy (non-hydrogen) atoms. The lowest BCUT2D eigenvalue weighted by Gasteiger charge is -2.04. The second-order valence-electron chi connectivity index (χ2n) is 3.37. The molecule has 1 heterocycles. The van der Waals surface area contributed by atoms with Gasteiger partial charge in [0.05, 0.1) is 11.0 Å². The molecular weight excluding hydrogens is 212 g/mol. The van der Waals surface area contributed by atoms with Crippen LogP contribution in [-0.4, -0.2) is 23.3 Å². The summed E-state index contributed by atoms with van der Waals surface area (Å²) in [4.78, 5) is 4.28. The van der Waals surface area contributed by atoms with Crippen molar-refractivity contribution in [2.24, 2.45) is 0 Å². The van der Waals surface area contributed by atoms with Crippen LogP contribution < -0.4 is 0 Å². The molecule has 0 saturated heterocycles. The Kier molecular flexibility index (Phi) is 3.23. The molecule has 1 aromatic carbocycles. The van der Waals surface area contributed by atoms with Gasteiger partial charge in [0.1, 0.15) is 0 Å². The van der Waals surface area contributed by atoms with Crippen LogP contribution in [0, 0.1) is 0 Å². The van der Waals surface area contributed by atoms with E-state index in [1.165, 1.54) is 0 Å². The van der Waals surface area contributed by atoms with Gasteiger partial charge in [0, 0.05) is 20.3 Å². The third-order valence-electron chi connectivity index (χ3n) is 2.34. The molecule has 2 aromatic rings. The van der Waals surface area contributed by atoms with Crippen LogP contribution in [0.15, 0.2) is 24.3 Å². The van der Waals surface area contributed by atoms with E-state index in [-0.39, 0.29) is 0 Å². The van der Waals surface area contributed by atoms with Crippen LogP contribution in [-0.2, 0) is 11.3 Å². The third-order valence-corrected chi connectivity index (χ3v) is 2.63. The van der Waals surface area contributed by atoms with Crippen molar-refractivity contribution in [3.63, 3.8) is 0 Å². The van der Waals surface area contributed by atoms with Crippen LogP contribution in [0.2, 0.25) is 5.28 Å². The van der Waals surface area contributed by atoms with E-state index in [9.17, 15) is 0 Å². The largest absolute Gasteiger partial charge is 0.385 e. The Labute approximate surface area is 93.6 Å². The number of imidazole rings is 1. The predicted molar refractivity (Wildman–Crippen MR) is 61.2 cm³/mol. The molecule has 0 radical (unpaired) electrons. The number of rotatable bonds is 4. The van der Waals surface area contributed by atoms with Gasteiger partial charge in [-0.15, -0.1) is 0 Å². The molecule has 0 fully saturated rings. The van der Waals surface area contributed by atoms with Gasteiger partial charge in [-0.25, -0.2) is 4.98 Å². The summed E-state index contributed by atoms with van der Waals surface area (Å²) in [5, 5.41) is 0.548. The van der Waals surface area contributed by atoms with E-state index in [4.69, 9.17) is 16.3 Å². The lowest BCUT2D eigenvalue weighted by molar-refractivity contribution is 0.190. The molecule has 0 unspecified atom stereocenters. The zero-order chi connectivity index (χ0) is 10.7. The minimum atomic E-state index is 0.548. The molecule has 0 bridgehead atoms. The number of benzene rings is 1. The molecule has 0 aliphatic heterocycles. The van der Waals surface area contributed by atoms with E-state index in [2.05, 4.69) is 4.98 Å². The number of aryl methyl sites for hydroxylation is 1. The van der Waals surface area contributed by atoms with Gasteiger partial charge in [-0.1, -0.05) is 12.1 Å². The highest BCUT2D eigenvalue weighted by molar-refractivity contribution is 6.29. The van der Waals surface area contributed by atoms with Crippen molar-refractivity contribution in [2.45, 2.75) is 13.0 Å². The van der Waals surface area contributed by atoms with Gasteiger partial charge in [0.2, 0.25) is 5.28 Å². The van der Waals surface area contributed by atoms with Gasteiger partial charge in [-0.3, -0.25) is 0 Å². The average molecular weight is 225 g/mol. The number of fused-ring (bicyclic) bond motifs is 1. The summed E-state index contributed by atoms with van der Waals surface area (Å²) < 4.78 is 7.03. The molecule has 1 aromatic heterocycles. The number of hydrogen-bond acceptors (Lipinski definition) is 2. The van der Waals surface area contributed by atoms with Crippen molar-refractivity contribution in [3.8, 4) is 0 Å². The maximum absolute atomic E-state index is 6.06. The number of ether oxygens (including phenoxy) is 1. The molecule has 2 rings (SSSR count). The van der Waals surface area contributed by atoms with Crippen LogP contribution in [0.25, 0.3) is 11.0 Å². The number of aromatic nitrogens is 2. The first-order valence-corrected chi connectivity index (χ1v) is 5.30. The molecular formula is C11H13ClN2O. The first kappa shape index (κ1) is 10.5. The Morgan fingerprint density at radius 1 is 1.40 bits per heavy atom. The zero-order valence-corrected chi connectivity index (χ0v) is 9.37. The Morgan fingerprint density at radius 2 is 2.20 bits per heavy atom. The quantitative estimate of drug-likeness (QED) is 0.747. The van der Waals surface area contributed by atoms with Gasteiger partial charge in [0.15, 0.2) is 0 Å². The van der Waals surface area contributed by atoms with E-state index in [1.807, 2.05) is 28.8 Å². The van der Waals surface area contributed by atoms with Crippen LogP contribution in [0.4, 0.5) is 0 Å². The fraction of sp³-hybridized carbons (Fsp3) is 0.364. The second-order valence-corrected chi connectivity index (χ2v) is 3.71. The highest BCUT2D eigenvalue weighted by atomic mass is 35.5. The highest BCUT2D eigenvalue weighted by Gasteiger charge is 2.06. The van der Waals surface area contributed by atoms with Crippen molar-refractivity contribution >= 4 is 22.6 Å². The molecule has 0 amide bonds. The summed E-state index contributed by atoms with van der Waals surface area (Å²) in [5.74, 6) is 0. The number of hydrogen-bond donors (Lipinski definition) is 0. The minimum absolute atomic E-state index is 0.548. The van der Waals surface area contributed by atoms with Crippen molar-refractivity contribution < 1.29 is 4.74 Å². The van der Waals surface area contributed by atoms with Gasteiger partial charge in [-0.05, 0) is 30.2 Å². The van der Waals surface area contributed by atoms with Gasteiger partial charge in [-0.2, -0.15) is 0 Å². The van der Waals surface area contributed by atoms with Crippen molar-refractivity contribution in [1.82, 2.24) is 9.55 Å². The molecule has 0 saturated carbocycles. The number of nitrogens with zero attached hydrogens (tertiary/aromatic N) is 2. The van der Waals surface area contributed by atoms with E-state index in [1.54, 1.807) is 7.11 Å². The van der Waals surface area contributed by atoms with Crippen LogP contribution in [0.5, 0.6) is 0 Å². The molecule has 0 aliphatic rings. The summed E-state index contributed by atoms with van der Waals surface area (Å²) in [6.07, 6.45) is 0.941.